The molecule has 0 aromatic rings. The van der Waals surface area contributed by atoms with Gasteiger partial charge in [0.05, 0.1) is 6.54 Å². The van der Waals surface area contributed by atoms with E-state index in [2.05, 4.69) is 10.7 Å². The minimum Gasteiger partial charge on any atom is -0.444 e. The van der Waals surface area contributed by atoms with Crippen LogP contribution in [0.1, 0.15) is 47.5 Å². The highest BCUT2D eigenvalue weighted by atomic mass is 35.5. The van der Waals surface area contributed by atoms with Crippen molar-refractivity contribution in [2.75, 3.05) is 26.5 Å². The van der Waals surface area contributed by atoms with Crippen molar-refractivity contribution < 1.29 is 23.9 Å². The summed E-state index contributed by atoms with van der Waals surface area (Å²) in [6, 6.07) is -0.861. The zero-order valence-electron chi connectivity index (χ0n) is 17.8. The molecule has 0 spiro atoms. The predicted molar refractivity (Wildman–Crippen MR) is 106 cm³/mol. The van der Waals surface area contributed by atoms with E-state index in [1.165, 1.54) is 19.0 Å². The molecule has 4 amide bonds. The molecule has 162 valence electrons. The van der Waals surface area contributed by atoms with Gasteiger partial charge in [-0.3, -0.25) is 29.7 Å². The normalized spacial score (nSPS) is 12.2. The molecule has 0 radical (unpaired) electrons. The summed E-state index contributed by atoms with van der Waals surface area (Å²) >= 11 is 5.60. The van der Waals surface area contributed by atoms with Gasteiger partial charge >= 0.3 is 6.09 Å². The minimum absolute atomic E-state index is 0.00381. The van der Waals surface area contributed by atoms with Crippen LogP contribution in [0.5, 0.6) is 0 Å². The fourth-order valence-corrected chi connectivity index (χ4v) is 2.35. The van der Waals surface area contributed by atoms with Gasteiger partial charge in [-0.1, -0.05) is 13.8 Å². The van der Waals surface area contributed by atoms with Gasteiger partial charge in [0.25, 0.3) is 11.8 Å². The third-order valence-corrected chi connectivity index (χ3v) is 3.88. The van der Waals surface area contributed by atoms with Crippen LogP contribution >= 0.6 is 11.6 Å². The lowest BCUT2D eigenvalue weighted by atomic mass is 10.0. The maximum atomic E-state index is 12.8. The predicted octanol–water partition coefficient (Wildman–Crippen LogP) is 1.50. The highest BCUT2D eigenvalue weighted by molar-refractivity contribution is 6.27. The third-order valence-electron chi connectivity index (χ3n) is 3.65. The van der Waals surface area contributed by atoms with Crippen LogP contribution in [0.25, 0.3) is 0 Å². The number of carbonyl (C=O) groups is 4. The van der Waals surface area contributed by atoms with Crippen molar-refractivity contribution in [3.8, 4) is 0 Å². The molecule has 0 aliphatic rings. The van der Waals surface area contributed by atoms with Gasteiger partial charge in [0.1, 0.15) is 17.5 Å². The first-order valence-electron chi connectivity index (χ1n) is 9.15. The monoisotopic (exact) mass is 420 g/mol. The summed E-state index contributed by atoms with van der Waals surface area (Å²) in [7, 11) is 2.95. The van der Waals surface area contributed by atoms with E-state index in [9.17, 15) is 19.2 Å². The molecule has 0 aromatic carbocycles. The molecule has 10 heteroatoms. The van der Waals surface area contributed by atoms with E-state index in [0.29, 0.717) is 6.42 Å². The van der Waals surface area contributed by atoms with Gasteiger partial charge in [0, 0.05) is 20.5 Å². The largest absolute Gasteiger partial charge is 0.444 e. The molecule has 28 heavy (non-hydrogen) atoms. The molecule has 0 saturated heterocycles. The Labute approximate surface area is 172 Å². The molecule has 9 nitrogen and oxygen atoms in total. The van der Waals surface area contributed by atoms with Gasteiger partial charge in [-0.25, -0.2) is 4.79 Å². The highest BCUT2D eigenvalue weighted by Crippen LogP contribution is 2.15. The molecule has 2 N–H and O–H groups in total. The maximum Gasteiger partial charge on any atom is 0.410 e. The van der Waals surface area contributed by atoms with Gasteiger partial charge in [-0.15, -0.1) is 11.6 Å². The lowest BCUT2D eigenvalue weighted by Crippen LogP contribution is -2.56. The molecule has 0 fully saturated rings. The zero-order valence-corrected chi connectivity index (χ0v) is 18.6. The minimum atomic E-state index is -0.861. The van der Waals surface area contributed by atoms with E-state index >= 15 is 0 Å². The number of likely N-dealkylation sites (N-methyl/N-ethyl adjacent to an activating group) is 1. The fourth-order valence-electron chi connectivity index (χ4n) is 2.21. The average molecular weight is 421 g/mol. The van der Waals surface area contributed by atoms with Crippen LogP contribution in [-0.2, 0) is 19.1 Å². The van der Waals surface area contributed by atoms with Crippen molar-refractivity contribution in [1.82, 2.24) is 20.7 Å². The Morgan fingerprint density at radius 2 is 1.71 bits per heavy atom. The number of halogens is 1. The number of amides is 4. The second-order valence-electron chi connectivity index (χ2n) is 7.81. The van der Waals surface area contributed by atoms with Gasteiger partial charge in [0.2, 0.25) is 5.91 Å². The second kappa shape index (κ2) is 11.7. The molecule has 0 saturated carbocycles. The number of nitrogens with zero attached hydrogens (tertiary/aromatic N) is 2. The van der Waals surface area contributed by atoms with Crippen LogP contribution in [0.4, 0.5) is 4.79 Å². The molecular weight excluding hydrogens is 388 g/mol. The molecule has 0 rings (SSSR count). The Morgan fingerprint density at radius 3 is 2.14 bits per heavy atom. The molecule has 1 atom stereocenters. The van der Waals surface area contributed by atoms with E-state index in [1.54, 1.807) is 20.8 Å². The number of nitrogens with one attached hydrogen (secondary N) is 2. The van der Waals surface area contributed by atoms with Crippen molar-refractivity contribution in [2.24, 2.45) is 5.92 Å². The number of hydrogen-bond donors (Lipinski definition) is 2. The standard InChI is InChI=1S/C18H33ClN4O5/c1-12(2)10-13(22(7)17(27)28-18(3,4)5)16(26)21-23(15(25)11-19)9-8-14(24)20-6/h12-13H,8-11H2,1-7H3,(H,20,24)(H,21,26)/t13-/m0/s1. The van der Waals surface area contributed by atoms with E-state index in [1.807, 2.05) is 13.8 Å². The Balaban J connectivity index is 5.35. The van der Waals surface area contributed by atoms with Crippen LogP contribution < -0.4 is 10.7 Å². The van der Waals surface area contributed by atoms with E-state index in [0.717, 1.165) is 5.01 Å². The second-order valence-corrected chi connectivity index (χ2v) is 8.08. The van der Waals surface area contributed by atoms with Crippen LogP contribution in [0.15, 0.2) is 0 Å². The number of ether oxygens (including phenoxy) is 1. The van der Waals surface area contributed by atoms with E-state index < -0.39 is 29.6 Å². The van der Waals surface area contributed by atoms with Crippen LogP contribution in [-0.4, -0.2) is 71.9 Å². The average Bonchev–Trinajstić information content (AvgIpc) is 2.59. The lowest BCUT2D eigenvalue weighted by molar-refractivity contribution is -0.142. The first-order valence-corrected chi connectivity index (χ1v) is 9.69. The summed E-state index contributed by atoms with van der Waals surface area (Å²) in [4.78, 5) is 49.9. The summed E-state index contributed by atoms with van der Waals surface area (Å²) in [5.74, 6) is -1.65. The molecule has 0 unspecified atom stereocenters. The number of carbonyl (C=O) groups excluding carboxylic acids is 4. The van der Waals surface area contributed by atoms with Crippen molar-refractivity contribution in [2.45, 2.75) is 59.1 Å². The van der Waals surface area contributed by atoms with Crippen molar-refractivity contribution in [3.63, 3.8) is 0 Å². The van der Waals surface area contributed by atoms with E-state index in [-0.39, 0.29) is 30.7 Å². The smallest absolute Gasteiger partial charge is 0.410 e. The molecule has 0 aromatic heterocycles. The SMILES string of the molecule is CNC(=O)CCN(NC(=O)[C@H](CC(C)C)N(C)C(=O)OC(C)(C)C)C(=O)CCl. The fraction of sp³-hybridized carbons (Fsp3) is 0.778. The van der Waals surface area contributed by atoms with Crippen molar-refractivity contribution in [3.05, 3.63) is 0 Å². The summed E-state index contributed by atoms with van der Waals surface area (Å²) in [5.41, 5.74) is 1.77. The lowest BCUT2D eigenvalue weighted by Gasteiger charge is -2.32. The molecule has 0 aliphatic carbocycles. The number of hydrogen-bond acceptors (Lipinski definition) is 5. The van der Waals surface area contributed by atoms with Crippen LogP contribution in [0.3, 0.4) is 0 Å². The summed E-state index contributed by atoms with van der Waals surface area (Å²) in [6.45, 7) is 8.98. The molecular formula is C18H33ClN4O5. The van der Waals surface area contributed by atoms with Crippen molar-refractivity contribution >= 4 is 35.4 Å². The van der Waals surface area contributed by atoms with Crippen molar-refractivity contribution in [1.29, 1.82) is 0 Å². The van der Waals surface area contributed by atoms with Gasteiger partial charge < -0.3 is 10.1 Å². The molecule has 0 heterocycles. The van der Waals surface area contributed by atoms with Gasteiger partial charge in [-0.05, 0) is 33.1 Å². The van der Waals surface area contributed by atoms with Gasteiger partial charge in [0.15, 0.2) is 0 Å². The quantitative estimate of drug-likeness (QED) is 0.457. The highest BCUT2D eigenvalue weighted by Gasteiger charge is 2.32. The van der Waals surface area contributed by atoms with E-state index in [4.69, 9.17) is 16.3 Å². The number of rotatable bonds is 8. The summed E-state index contributed by atoms with van der Waals surface area (Å²) < 4.78 is 5.33. The summed E-state index contributed by atoms with van der Waals surface area (Å²) in [6.07, 6.45) is -0.287. The van der Waals surface area contributed by atoms with Crippen LogP contribution in [0, 0.1) is 5.92 Å². The first kappa shape index (κ1) is 26.0. The first-order chi connectivity index (χ1) is 12.8. The Hall–Kier alpha value is -2.03. The molecule has 0 aliphatic heterocycles. The number of alkyl halides is 1. The number of hydrazine groups is 1. The van der Waals surface area contributed by atoms with Gasteiger partial charge in [-0.2, -0.15) is 0 Å². The Kier molecular flexibility index (Phi) is 10.9. The zero-order chi connectivity index (χ0) is 22.1. The topological polar surface area (TPSA) is 108 Å². The van der Waals surface area contributed by atoms with Crippen LogP contribution in [0.2, 0.25) is 0 Å². The Morgan fingerprint density at radius 1 is 1.14 bits per heavy atom. The Bertz CT molecular complexity index is 563. The third kappa shape index (κ3) is 9.77. The molecule has 0 bridgehead atoms. The summed E-state index contributed by atoms with van der Waals surface area (Å²) in [5, 5.41) is 3.44. The maximum absolute atomic E-state index is 12.8.